The van der Waals surface area contributed by atoms with Crippen LogP contribution in [0.3, 0.4) is 0 Å². The Morgan fingerprint density at radius 2 is 1.90 bits per heavy atom. The van der Waals surface area contributed by atoms with Gasteiger partial charge in [0.2, 0.25) is 0 Å². The molecular weight excluding hydrogens is 404 g/mol. The van der Waals surface area contributed by atoms with E-state index in [4.69, 9.17) is 0 Å². The smallest absolute Gasteiger partial charge is 0.253 e. The van der Waals surface area contributed by atoms with Gasteiger partial charge in [0, 0.05) is 23.9 Å². The number of nitrogens with one attached hydrogen (secondary N) is 1. The average Bonchev–Trinajstić information content (AvgIpc) is 3.03. The zero-order valence-electron chi connectivity index (χ0n) is 17.7. The zero-order valence-corrected chi connectivity index (χ0v) is 18.5. The molecule has 30 heavy (non-hydrogen) atoms. The highest BCUT2D eigenvalue weighted by Crippen LogP contribution is 2.34. The molecule has 0 bridgehead atoms. The van der Waals surface area contributed by atoms with Gasteiger partial charge < -0.3 is 20.1 Å². The van der Waals surface area contributed by atoms with Crippen molar-refractivity contribution in [3.05, 3.63) is 36.1 Å². The summed E-state index contributed by atoms with van der Waals surface area (Å²) in [4.78, 5) is 12.9. The number of aromatic nitrogens is 1. The summed E-state index contributed by atoms with van der Waals surface area (Å²) in [5.41, 5.74) is 1.37. The van der Waals surface area contributed by atoms with Gasteiger partial charge in [-0.15, -0.1) is 0 Å². The predicted octanol–water partition coefficient (Wildman–Crippen LogP) is 2.77. The summed E-state index contributed by atoms with van der Waals surface area (Å²) in [6.07, 6.45) is 8.66. The van der Waals surface area contributed by atoms with Crippen molar-refractivity contribution in [2.24, 2.45) is 5.92 Å². The minimum Gasteiger partial charge on any atom is -0.368 e. The maximum atomic E-state index is 13.5. The van der Waals surface area contributed by atoms with Crippen molar-refractivity contribution in [3.8, 4) is 0 Å². The summed E-state index contributed by atoms with van der Waals surface area (Å²) >= 11 is 0. The number of nitrogens with zero attached hydrogens (tertiary/aromatic N) is 1. The summed E-state index contributed by atoms with van der Waals surface area (Å²) in [5.74, 6) is -0.583. The van der Waals surface area contributed by atoms with Gasteiger partial charge in [-0.2, -0.15) is 0 Å². The lowest BCUT2D eigenvalue weighted by Crippen LogP contribution is -2.47. The van der Waals surface area contributed by atoms with Gasteiger partial charge in [-0.1, -0.05) is 31.9 Å². The molecule has 1 aromatic heterocycles. The minimum atomic E-state index is -3.61. The predicted molar refractivity (Wildman–Crippen MR) is 116 cm³/mol. The van der Waals surface area contributed by atoms with Gasteiger partial charge in [-0.05, 0) is 51.2 Å². The second kappa shape index (κ2) is 9.08. The summed E-state index contributed by atoms with van der Waals surface area (Å²) in [6, 6.07) is -0.147. The summed E-state index contributed by atoms with van der Waals surface area (Å²) in [5, 5.41) is 21.0. The molecule has 8 heteroatoms. The SMILES string of the molecule is C=C/C(=C\C)n1cc(C(=O)NC2CC(C(O)O)C2)c(C)c1S(=O)(=O)C1CCCCC1. The van der Waals surface area contributed by atoms with Crippen molar-refractivity contribution in [1.29, 1.82) is 0 Å². The molecule has 2 fully saturated rings. The van der Waals surface area contributed by atoms with E-state index in [-0.39, 0.29) is 22.9 Å². The number of allylic oxidation sites excluding steroid dienone is 3. The molecule has 0 radical (unpaired) electrons. The van der Waals surface area contributed by atoms with Gasteiger partial charge in [-0.25, -0.2) is 8.42 Å². The highest BCUT2D eigenvalue weighted by atomic mass is 32.2. The van der Waals surface area contributed by atoms with Crippen LogP contribution in [-0.4, -0.2) is 46.7 Å². The van der Waals surface area contributed by atoms with Crippen LogP contribution in [-0.2, 0) is 9.84 Å². The molecule has 0 atom stereocenters. The molecule has 1 heterocycles. The third-order valence-corrected chi connectivity index (χ3v) is 8.81. The molecule has 2 saturated carbocycles. The van der Waals surface area contributed by atoms with Crippen molar-refractivity contribution < 1.29 is 23.4 Å². The normalized spacial score (nSPS) is 23.3. The van der Waals surface area contributed by atoms with Gasteiger partial charge in [0.05, 0.1) is 10.8 Å². The number of carbonyl (C=O) groups excluding carboxylic acids is 1. The van der Waals surface area contributed by atoms with Crippen LogP contribution >= 0.6 is 0 Å². The van der Waals surface area contributed by atoms with Gasteiger partial charge in [0.1, 0.15) is 5.03 Å². The number of sulfone groups is 1. The highest BCUT2D eigenvalue weighted by molar-refractivity contribution is 7.92. The third-order valence-electron chi connectivity index (χ3n) is 6.42. The van der Waals surface area contributed by atoms with E-state index in [1.54, 1.807) is 36.8 Å². The van der Waals surface area contributed by atoms with E-state index < -0.39 is 21.4 Å². The maximum absolute atomic E-state index is 13.5. The van der Waals surface area contributed by atoms with Gasteiger partial charge in [0.15, 0.2) is 16.1 Å². The Labute approximate surface area is 178 Å². The number of carbonyl (C=O) groups is 1. The molecule has 1 aromatic rings. The molecule has 0 spiro atoms. The van der Waals surface area contributed by atoms with Crippen LogP contribution in [0.4, 0.5) is 0 Å². The van der Waals surface area contributed by atoms with Gasteiger partial charge >= 0.3 is 0 Å². The first-order chi connectivity index (χ1) is 14.2. The van der Waals surface area contributed by atoms with E-state index in [1.165, 1.54) is 0 Å². The minimum absolute atomic E-state index is 0.147. The molecule has 2 aliphatic carbocycles. The Bertz CT molecular complexity index is 933. The second-order valence-corrected chi connectivity index (χ2v) is 10.5. The fourth-order valence-corrected chi connectivity index (χ4v) is 6.77. The first kappa shape index (κ1) is 22.8. The van der Waals surface area contributed by atoms with Crippen LogP contribution in [0.25, 0.3) is 5.70 Å². The topological polar surface area (TPSA) is 109 Å². The number of hydrogen-bond donors (Lipinski definition) is 3. The average molecular weight is 437 g/mol. The van der Waals surface area contributed by atoms with Gasteiger partial charge in [-0.3, -0.25) is 4.79 Å². The van der Waals surface area contributed by atoms with E-state index in [2.05, 4.69) is 11.9 Å². The molecule has 2 aliphatic rings. The highest BCUT2D eigenvalue weighted by Gasteiger charge is 2.37. The molecule has 7 nitrogen and oxygen atoms in total. The van der Waals surface area contributed by atoms with E-state index in [0.29, 0.717) is 42.5 Å². The van der Waals surface area contributed by atoms with Crippen LogP contribution in [0, 0.1) is 12.8 Å². The molecule has 0 saturated heterocycles. The van der Waals surface area contributed by atoms with Crippen LogP contribution in [0.5, 0.6) is 0 Å². The van der Waals surface area contributed by atoms with Crippen molar-refractivity contribution in [1.82, 2.24) is 9.88 Å². The molecule has 166 valence electrons. The summed E-state index contributed by atoms with van der Waals surface area (Å²) in [7, 11) is -3.61. The first-order valence-electron chi connectivity index (χ1n) is 10.6. The number of rotatable bonds is 7. The molecule has 0 aromatic carbocycles. The molecular formula is C22H32N2O5S. The van der Waals surface area contributed by atoms with Crippen molar-refractivity contribution in [3.63, 3.8) is 0 Å². The molecule has 0 aliphatic heterocycles. The lowest BCUT2D eigenvalue weighted by atomic mass is 9.79. The Hall–Kier alpha value is -1.90. The number of aliphatic hydroxyl groups is 2. The van der Waals surface area contributed by atoms with E-state index in [0.717, 1.165) is 19.3 Å². The second-order valence-electron chi connectivity index (χ2n) is 8.38. The van der Waals surface area contributed by atoms with Crippen molar-refractivity contribution in [2.75, 3.05) is 0 Å². The maximum Gasteiger partial charge on any atom is 0.253 e. The Kier molecular flexibility index (Phi) is 6.89. The van der Waals surface area contributed by atoms with Gasteiger partial charge in [0.25, 0.3) is 5.91 Å². The Morgan fingerprint density at radius 3 is 2.43 bits per heavy atom. The molecule has 3 rings (SSSR count). The summed E-state index contributed by atoms with van der Waals surface area (Å²) < 4.78 is 28.6. The number of hydrogen-bond acceptors (Lipinski definition) is 5. The van der Waals surface area contributed by atoms with Crippen LogP contribution in [0.15, 0.2) is 30.0 Å². The molecule has 1 amide bonds. The van der Waals surface area contributed by atoms with Crippen LogP contribution < -0.4 is 5.32 Å². The van der Waals surface area contributed by atoms with Crippen LogP contribution in [0.2, 0.25) is 0 Å². The summed E-state index contributed by atoms with van der Waals surface area (Å²) in [6.45, 7) is 7.27. The largest absolute Gasteiger partial charge is 0.368 e. The lowest BCUT2D eigenvalue weighted by Gasteiger charge is -2.36. The monoisotopic (exact) mass is 436 g/mol. The van der Waals surface area contributed by atoms with E-state index in [1.807, 2.05) is 0 Å². The van der Waals surface area contributed by atoms with E-state index in [9.17, 15) is 23.4 Å². The Morgan fingerprint density at radius 1 is 1.27 bits per heavy atom. The standard InChI is InChI=1S/C22H32N2O5S/c1-4-17(5-2)24-13-19(20(25)23-16-11-15(12-16)22(26)27)14(3)21(24)30(28,29)18-9-7-6-8-10-18/h4-5,13,15-16,18,22,26-27H,1,6-12H2,2-3H3,(H,23,25)/b17-5+. The first-order valence-corrected chi connectivity index (χ1v) is 12.2. The fourth-order valence-electron chi connectivity index (χ4n) is 4.53. The number of aliphatic hydroxyl groups excluding tert-OH is 1. The number of amides is 1. The lowest BCUT2D eigenvalue weighted by molar-refractivity contribution is -0.112. The Balaban J connectivity index is 1.95. The molecule has 3 N–H and O–H groups in total. The zero-order chi connectivity index (χ0) is 22.1. The van der Waals surface area contributed by atoms with E-state index >= 15 is 0 Å². The fraction of sp³-hybridized carbons (Fsp3) is 0.591. The molecule has 0 unspecified atom stereocenters. The van der Waals surface area contributed by atoms with Crippen molar-refractivity contribution >= 4 is 21.4 Å². The van der Waals surface area contributed by atoms with Crippen LogP contribution in [0.1, 0.15) is 67.8 Å². The third kappa shape index (κ3) is 4.26. The van der Waals surface area contributed by atoms with Crippen molar-refractivity contribution in [2.45, 2.75) is 81.4 Å². The quantitative estimate of drug-likeness (QED) is 0.450.